The molecule has 4 nitrogen and oxygen atoms in total. The summed E-state index contributed by atoms with van der Waals surface area (Å²) < 4.78 is 14.5. The average Bonchev–Trinajstić information content (AvgIpc) is 3.27. The van der Waals surface area contributed by atoms with E-state index in [9.17, 15) is 14.0 Å². The number of hydrogen-bond donors (Lipinski definition) is 1. The second kappa shape index (κ2) is 11.5. The van der Waals surface area contributed by atoms with E-state index in [1.165, 1.54) is 12.1 Å². The summed E-state index contributed by atoms with van der Waals surface area (Å²) in [6, 6.07) is 25.0. The van der Waals surface area contributed by atoms with E-state index in [1.54, 1.807) is 28.8 Å². The fourth-order valence-electron chi connectivity index (χ4n) is 4.45. The van der Waals surface area contributed by atoms with Gasteiger partial charge in [-0.15, -0.1) is 11.8 Å². The molecule has 3 aromatic carbocycles. The van der Waals surface area contributed by atoms with Crippen LogP contribution in [-0.4, -0.2) is 33.9 Å². The first-order chi connectivity index (χ1) is 16.9. The Morgan fingerprint density at radius 3 is 2.26 bits per heavy atom. The quantitative estimate of drug-likeness (QED) is 0.431. The molecule has 1 heterocycles. The lowest BCUT2D eigenvalue weighted by molar-refractivity contribution is -0.125. The number of hydrogen-bond acceptors (Lipinski definition) is 3. The van der Waals surface area contributed by atoms with Gasteiger partial charge in [-0.2, -0.15) is 0 Å². The van der Waals surface area contributed by atoms with Gasteiger partial charge in [0.05, 0.1) is 17.0 Å². The smallest absolute Gasteiger partial charge is 0.258 e. The molecule has 35 heavy (non-hydrogen) atoms. The van der Waals surface area contributed by atoms with E-state index in [0.717, 1.165) is 17.5 Å². The number of benzene rings is 3. The molecule has 182 valence electrons. The highest BCUT2D eigenvalue weighted by Crippen LogP contribution is 2.35. The molecule has 0 radical (unpaired) electrons. The van der Waals surface area contributed by atoms with Crippen molar-refractivity contribution in [1.29, 1.82) is 0 Å². The van der Waals surface area contributed by atoms with E-state index < -0.39 is 17.8 Å². The first-order valence-electron chi connectivity index (χ1n) is 12.0. The molecule has 0 aromatic heterocycles. The van der Waals surface area contributed by atoms with Gasteiger partial charge in [0.25, 0.3) is 5.91 Å². The van der Waals surface area contributed by atoms with Crippen LogP contribution in [0.15, 0.2) is 84.9 Å². The number of carbonyl (C=O) groups is 2. The van der Waals surface area contributed by atoms with E-state index in [1.807, 2.05) is 60.7 Å². The first kappa shape index (κ1) is 25.0. The maximum Gasteiger partial charge on any atom is 0.258 e. The van der Waals surface area contributed by atoms with Crippen LogP contribution in [0.2, 0.25) is 0 Å². The van der Waals surface area contributed by atoms with E-state index in [0.29, 0.717) is 18.1 Å². The van der Waals surface area contributed by atoms with Gasteiger partial charge in [0.1, 0.15) is 11.9 Å². The zero-order valence-electron chi connectivity index (χ0n) is 20.1. The van der Waals surface area contributed by atoms with E-state index in [4.69, 9.17) is 0 Å². The SMILES string of the molecule is CC(C)CC1SCC(C(=O)NC(Cc2ccccc2)c2ccccc2)N1C(=O)c1ccccc1F. The first-order valence-corrected chi connectivity index (χ1v) is 13.1. The fourth-order valence-corrected chi connectivity index (χ4v) is 6.09. The summed E-state index contributed by atoms with van der Waals surface area (Å²) in [5, 5.41) is 3.03. The van der Waals surface area contributed by atoms with Crippen molar-refractivity contribution in [3.05, 3.63) is 107 Å². The van der Waals surface area contributed by atoms with E-state index >= 15 is 0 Å². The summed E-state index contributed by atoms with van der Waals surface area (Å²) in [6.45, 7) is 4.18. The van der Waals surface area contributed by atoms with Crippen LogP contribution in [0.3, 0.4) is 0 Å². The third-order valence-corrected chi connectivity index (χ3v) is 7.52. The Bertz CT molecular complexity index is 1140. The monoisotopic (exact) mass is 490 g/mol. The van der Waals surface area contributed by atoms with Crippen LogP contribution in [0, 0.1) is 11.7 Å². The Labute approximate surface area is 210 Å². The molecule has 0 spiro atoms. The van der Waals surface area contributed by atoms with Crippen molar-refractivity contribution < 1.29 is 14.0 Å². The molecule has 2 amide bonds. The van der Waals surface area contributed by atoms with Crippen LogP contribution >= 0.6 is 11.8 Å². The Hall–Kier alpha value is -3.12. The van der Waals surface area contributed by atoms with Gasteiger partial charge in [-0.3, -0.25) is 9.59 Å². The molecule has 0 bridgehead atoms. The molecule has 6 heteroatoms. The largest absolute Gasteiger partial charge is 0.347 e. The van der Waals surface area contributed by atoms with Crippen LogP contribution in [0.1, 0.15) is 47.8 Å². The van der Waals surface area contributed by atoms with Crippen molar-refractivity contribution in [2.24, 2.45) is 5.92 Å². The van der Waals surface area contributed by atoms with Crippen molar-refractivity contribution in [2.75, 3.05) is 5.75 Å². The fraction of sp³-hybridized carbons (Fsp3) is 0.310. The summed E-state index contributed by atoms with van der Waals surface area (Å²) in [5.74, 6) is -0.393. The second-order valence-corrected chi connectivity index (χ2v) is 10.5. The summed E-state index contributed by atoms with van der Waals surface area (Å²) >= 11 is 1.59. The number of thioether (sulfide) groups is 1. The molecule has 3 atom stereocenters. The van der Waals surface area contributed by atoms with Gasteiger partial charge in [0.15, 0.2) is 0 Å². The Kier molecular flexibility index (Phi) is 8.24. The number of carbonyl (C=O) groups excluding carboxylic acids is 2. The molecule has 1 N–H and O–H groups in total. The predicted octanol–water partition coefficient (Wildman–Crippen LogP) is 5.86. The molecule has 0 saturated carbocycles. The number of nitrogens with zero attached hydrogens (tertiary/aromatic N) is 1. The third kappa shape index (κ3) is 6.12. The minimum atomic E-state index is -0.669. The molecular weight excluding hydrogens is 459 g/mol. The Balaban J connectivity index is 1.60. The maximum absolute atomic E-state index is 14.5. The Morgan fingerprint density at radius 1 is 0.971 bits per heavy atom. The summed E-state index contributed by atoms with van der Waals surface area (Å²) in [7, 11) is 0. The van der Waals surface area contributed by atoms with Crippen LogP contribution in [-0.2, 0) is 11.2 Å². The second-order valence-electron chi connectivity index (χ2n) is 9.29. The van der Waals surface area contributed by atoms with E-state index in [-0.39, 0.29) is 22.9 Å². The summed E-state index contributed by atoms with van der Waals surface area (Å²) in [4.78, 5) is 28.8. The van der Waals surface area contributed by atoms with Crippen molar-refractivity contribution in [1.82, 2.24) is 10.2 Å². The highest BCUT2D eigenvalue weighted by atomic mass is 32.2. The number of rotatable bonds is 8. The van der Waals surface area contributed by atoms with Gasteiger partial charge in [0.2, 0.25) is 5.91 Å². The highest BCUT2D eigenvalue weighted by molar-refractivity contribution is 8.00. The average molecular weight is 491 g/mol. The van der Waals surface area contributed by atoms with Gasteiger partial charge in [-0.25, -0.2) is 4.39 Å². The van der Waals surface area contributed by atoms with Gasteiger partial charge >= 0.3 is 0 Å². The summed E-state index contributed by atoms with van der Waals surface area (Å²) in [5.41, 5.74) is 2.12. The number of nitrogens with one attached hydrogen (secondary N) is 1. The minimum Gasteiger partial charge on any atom is -0.347 e. The predicted molar refractivity (Wildman–Crippen MR) is 140 cm³/mol. The summed E-state index contributed by atoms with van der Waals surface area (Å²) in [6.07, 6.45) is 1.37. The maximum atomic E-state index is 14.5. The van der Waals surface area contributed by atoms with Crippen LogP contribution in [0.5, 0.6) is 0 Å². The van der Waals surface area contributed by atoms with E-state index in [2.05, 4.69) is 19.2 Å². The highest BCUT2D eigenvalue weighted by Gasteiger charge is 2.43. The molecule has 1 aliphatic heterocycles. The normalized spacial score (nSPS) is 18.5. The third-order valence-electron chi connectivity index (χ3n) is 6.21. The van der Waals surface area contributed by atoms with Crippen molar-refractivity contribution in [2.45, 2.75) is 44.1 Å². The van der Waals surface area contributed by atoms with Crippen molar-refractivity contribution >= 4 is 23.6 Å². The van der Waals surface area contributed by atoms with Gasteiger partial charge < -0.3 is 10.2 Å². The Morgan fingerprint density at radius 2 is 1.60 bits per heavy atom. The zero-order valence-corrected chi connectivity index (χ0v) is 20.9. The molecule has 1 saturated heterocycles. The number of amides is 2. The lowest BCUT2D eigenvalue weighted by Gasteiger charge is -2.31. The lowest BCUT2D eigenvalue weighted by Crippen LogP contribution is -2.51. The van der Waals surface area contributed by atoms with Gasteiger partial charge in [-0.05, 0) is 42.0 Å². The van der Waals surface area contributed by atoms with Crippen LogP contribution in [0.25, 0.3) is 0 Å². The molecular formula is C29H31FN2O2S. The van der Waals surface area contributed by atoms with Crippen molar-refractivity contribution in [3.63, 3.8) is 0 Å². The topological polar surface area (TPSA) is 49.4 Å². The molecule has 4 rings (SSSR count). The standard InChI is InChI=1S/C29H31FN2O2S/c1-20(2)17-27-32(29(34)23-15-9-10-16-24(23)30)26(19-35-27)28(33)31-25(22-13-7-4-8-14-22)18-21-11-5-3-6-12-21/h3-16,20,25-27H,17-19H2,1-2H3,(H,31,33). The lowest BCUT2D eigenvalue weighted by atomic mass is 9.98. The molecule has 1 fully saturated rings. The molecule has 3 unspecified atom stereocenters. The zero-order chi connectivity index (χ0) is 24.8. The van der Waals surface area contributed by atoms with Gasteiger partial charge in [0, 0.05) is 5.75 Å². The number of halogens is 1. The molecule has 0 aliphatic carbocycles. The minimum absolute atomic E-state index is 0.00505. The molecule has 1 aliphatic rings. The van der Waals surface area contributed by atoms with Crippen LogP contribution in [0.4, 0.5) is 4.39 Å². The molecule has 3 aromatic rings. The van der Waals surface area contributed by atoms with Crippen molar-refractivity contribution in [3.8, 4) is 0 Å². The van der Waals surface area contributed by atoms with Crippen LogP contribution < -0.4 is 5.32 Å². The van der Waals surface area contributed by atoms with Gasteiger partial charge in [-0.1, -0.05) is 86.6 Å².